The number of benzene rings is 1. The van der Waals surface area contributed by atoms with Crippen LogP contribution in [0.1, 0.15) is 23.2 Å². The van der Waals surface area contributed by atoms with E-state index in [1.165, 1.54) is 12.4 Å². The van der Waals surface area contributed by atoms with Crippen LogP contribution in [0.4, 0.5) is 11.6 Å². The number of hydrogen-bond acceptors (Lipinski definition) is 5. The fraction of sp³-hybridized carbons (Fsp3) is 0.176. The van der Waals surface area contributed by atoms with Crippen molar-refractivity contribution >= 4 is 28.4 Å². The van der Waals surface area contributed by atoms with Crippen molar-refractivity contribution in [1.29, 1.82) is 0 Å². The van der Waals surface area contributed by atoms with E-state index in [0.717, 1.165) is 23.7 Å². The van der Waals surface area contributed by atoms with E-state index < -0.39 is 0 Å². The molecule has 1 amide bonds. The Hall–Kier alpha value is -3.02. The van der Waals surface area contributed by atoms with E-state index in [-0.39, 0.29) is 5.91 Å². The second-order valence-electron chi connectivity index (χ2n) is 5.55. The summed E-state index contributed by atoms with van der Waals surface area (Å²) in [6.45, 7) is 0. The lowest BCUT2D eigenvalue weighted by atomic mass is 10.2. The standard InChI is InChI=1S/C17H15N5O/c23-16(12-9-19-17(20-10-12)21-13-6-7-13)22-14-5-1-3-11-4-2-8-18-15(11)14/h1-5,8-10,13H,6-7H2,(H,22,23)(H,19,20,21). The third kappa shape index (κ3) is 2.96. The van der Waals surface area contributed by atoms with Gasteiger partial charge in [0, 0.05) is 30.0 Å². The molecule has 2 heterocycles. The normalized spacial score (nSPS) is 13.7. The molecule has 2 N–H and O–H groups in total. The van der Waals surface area contributed by atoms with Gasteiger partial charge in [-0.25, -0.2) is 9.97 Å². The van der Waals surface area contributed by atoms with E-state index in [1.807, 2.05) is 30.3 Å². The number of carbonyl (C=O) groups excluding carboxylic acids is 1. The first-order valence-electron chi connectivity index (χ1n) is 7.53. The van der Waals surface area contributed by atoms with Gasteiger partial charge >= 0.3 is 0 Å². The number of pyridine rings is 1. The number of anilines is 2. The van der Waals surface area contributed by atoms with E-state index in [2.05, 4.69) is 25.6 Å². The summed E-state index contributed by atoms with van der Waals surface area (Å²) in [7, 11) is 0. The van der Waals surface area contributed by atoms with Crippen molar-refractivity contribution in [3.63, 3.8) is 0 Å². The number of fused-ring (bicyclic) bond motifs is 1. The van der Waals surface area contributed by atoms with Crippen molar-refractivity contribution < 1.29 is 4.79 Å². The summed E-state index contributed by atoms with van der Waals surface area (Å²) in [6, 6.07) is 9.98. The number of aromatic nitrogens is 3. The van der Waals surface area contributed by atoms with Gasteiger partial charge in [0.2, 0.25) is 5.95 Å². The average Bonchev–Trinajstić information content (AvgIpc) is 3.40. The van der Waals surface area contributed by atoms with E-state index in [4.69, 9.17) is 0 Å². The van der Waals surface area contributed by atoms with Gasteiger partial charge in [0.05, 0.1) is 16.8 Å². The Labute approximate surface area is 133 Å². The Morgan fingerprint density at radius 2 is 1.83 bits per heavy atom. The molecule has 0 spiro atoms. The van der Waals surface area contributed by atoms with Gasteiger partial charge in [-0.1, -0.05) is 18.2 Å². The number of carbonyl (C=O) groups is 1. The van der Waals surface area contributed by atoms with Crippen LogP contribution in [0, 0.1) is 0 Å². The maximum absolute atomic E-state index is 12.4. The van der Waals surface area contributed by atoms with Crippen molar-refractivity contribution in [2.24, 2.45) is 0 Å². The Balaban J connectivity index is 1.54. The third-order valence-electron chi connectivity index (χ3n) is 3.71. The molecule has 0 bridgehead atoms. The maximum Gasteiger partial charge on any atom is 0.258 e. The molecule has 4 rings (SSSR count). The quantitative estimate of drug-likeness (QED) is 0.775. The number of amides is 1. The third-order valence-corrected chi connectivity index (χ3v) is 3.71. The van der Waals surface area contributed by atoms with Crippen LogP contribution in [0.15, 0.2) is 48.9 Å². The smallest absolute Gasteiger partial charge is 0.258 e. The Bertz CT molecular complexity index is 853. The summed E-state index contributed by atoms with van der Waals surface area (Å²) in [5, 5.41) is 7.04. The average molecular weight is 305 g/mol. The summed E-state index contributed by atoms with van der Waals surface area (Å²) in [4.78, 5) is 25.1. The van der Waals surface area contributed by atoms with E-state index in [0.29, 0.717) is 23.2 Å². The lowest BCUT2D eigenvalue weighted by Crippen LogP contribution is -2.14. The van der Waals surface area contributed by atoms with Gasteiger partial charge in [-0.05, 0) is 25.0 Å². The highest BCUT2D eigenvalue weighted by molar-refractivity contribution is 6.08. The first-order chi connectivity index (χ1) is 11.3. The predicted octanol–water partition coefficient (Wildman–Crippen LogP) is 2.85. The van der Waals surface area contributed by atoms with Gasteiger partial charge in [0.1, 0.15) is 0 Å². The zero-order valence-electron chi connectivity index (χ0n) is 12.4. The number of nitrogens with one attached hydrogen (secondary N) is 2. The molecule has 0 saturated heterocycles. The molecule has 23 heavy (non-hydrogen) atoms. The van der Waals surface area contributed by atoms with Gasteiger partial charge in [0.25, 0.3) is 5.91 Å². The van der Waals surface area contributed by atoms with Gasteiger partial charge < -0.3 is 10.6 Å². The lowest BCUT2D eigenvalue weighted by molar-refractivity contribution is 0.102. The SMILES string of the molecule is O=C(Nc1cccc2cccnc12)c1cnc(NC2CC2)nc1. The van der Waals surface area contributed by atoms with Crippen molar-refractivity contribution in [2.75, 3.05) is 10.6 Å². The van der Waals surface area contributed by atoms with Crippen LogP contribution in [0.25, 0.3) is 10.9 Å². The second kappa shape index (κ2) is 5.64. The first kappa shape index (κ1) is 13.6. The first-order valence-corrected chi connectivity index (χ1v) is 7.53. The number of rotatable bonds is 4. The highest BCUT2D eigenvalue weighted by Gasteiger charge is 2.21. The highest BCUT2D eigenvalue weighted by atomic mass is 16.1. The molecule has 0 aliphatic heterocycles. The van der Waals surface area contributed by atoms with Gasteiger partial charge in [-0.2, -0.15) is 0 Å². The van der Waals surface area contributed by atoms with Crippen LogP contribution in [0.3, 0.4) is 0 Å². The maximum atomic E-state index is 12.4. The molecule has 1 fully saturated rings. The minimum atomic E-state index is -0.249. The molecule has 0 atom stereocenters. The molecule has 2 aromatic heterocycles. The van der Waals surface area contributed by atoms with Crippen LogP contribution in [0.5, 0.6) is 0 Å². The molecular formula is C17H15N5O. The molecule has 6 nitrogen and oxygen atoms in total. The molecule has 114 valence electrons. The Morgan fingerprint density at radius 3 is 2.61 bits per heavy atom. The van der Waals surface area contributed by atoms with Crippen molar-refractivity contribution in [3.05, 3.63) is 54.5 Å². The van der Waals surface area contributed by atoms with Crippen molar-refractivity contribution in [1.82, 2.24) is 15.0 Å². The van der Waals surface area contributed by atoms with E-state index in [9.17, 15) is 4.79 Å². The summed E-state index contributed by atoms with van der Waals surface area (Å²) in [5.41, 5.74) is 1.85. The van der Waals surface area contributed by atoms with E-state index in [1.54, 1.807) is 6.20 Å². The number of hydrogen-bond donors (Lipinski definition) is 2. The highest BCUT2D eigenvalue weighted by Crippen LogP contribution is 2.23. The summed E-state index contributed by atoms with van der Waals surface area (Å²) >= 11 is 0. The van der Waals surface area contributed by atoms with Crippen LogP contribution >= 0.6 is 0 Å². The zero-order chi connectivity index (χ0) is 15.6. The van der Waals surface area contributed by atoms with E-state index >= 15 is 0 Å². The molecule has 0 radical (unpaired) electrons. The minimum Gasteiger partial charge on any atom is -0.351 e. The second-order valence-corrected chi connectivity index (χ2v) is 5.55. The molecule has 1 saturated carbocycles. The molecule has 1 aliphatic carbocycles. The van der Waals surface area contributed by atoms with Gasteiger partial charge in [-0.15, -0.1) is 0 Å². The number of nitrogens with zero attached hydrogens (tertiary/aromatic N) is 3. The summed E-state index contributed by atoms with van der Waals surface area (Å²) in [5.74, 6) is 0.317. The van der Waals surface area contributed by atoms with Crippen LogP contribution < -0.4 is 10.6 Å². The van der Waals surface area contributed by atoms with Crippen LogP contribution in [0.2, 0.25) is 0 Å². The zero-order valence-corrected chi connectivity index (χ0v) is 12.4. The summed E-state index contributed by atoms with van der Waals surface area (Å²) in [6.07, 6.45) is 7.08. The molecule has 6 heteroatoms. The van der Waals surface area contributed by atoms with Crippen LogP contribution in [-0.2, 0) is 0 Å². The molecular weight excluding hydrogens is 290 g/mol. The van der Waals surface area contributed by atoms with Crippen molar-refractivity contribution in [2.45, 2.75) is 18.9 Å². The van der Waals surface area contributed by atoms with Gasteiger partial charge in [-0.3, -0.25) is 9.78 Å². The van der Waals surface area contributed by atoms with Crippen molar-refractivity contribution in [3.8, 4) is 0 Å². The minimum absolute atomic E-state index is 0.249. The Morgan fingerprint density at radius 1 is 1.04 bits per heavy atom. The molecule has 0 unspecified atom stereocenters. The molecule has 3 aromatic rings. The fourth-order valence-electron chi connectivity index (χ4n) is 2.33. The fourth-order valence-corrected chi connectivity index (χ4v) is 2.33. The van der Waals surface area contributed by atoms with Gasteiger partial charge in [0.15, 0.2) is 0 Å². The predicted molar refractivity (Wildman–Crippen MR) is 88.4 cm³/mol. The largest absolute Gasteiger partial charge is 0.351 e. The Kier molecular flexibility index (Phi) is 3.34. The summed E-state index contributed by atoms with van der Waals surface area (Å²) < 4.78 is 0. The topological polar surface area (TPSA) is 79.8 Å². The monoisotopic (exact) mass is 305 g/mol. The van der Waals surface area contributed by atoms with Crippen LogP contribution in [-0.4, -0.2) is 26.9 Å². The molecule has 1 aromatic carbocycles. The lowest BCUT2D eigenvalue weighted by Gasteiger charge is -2.08. The molecule has 1 aliphatic rings. The number of para-hydroxylation sites is 1.